The fraction of sp³-hybridized carbons (Fsp3) is 0.391. The van der Waals surface area contributed by atoms with Gasteiger partial charge in [-0.3, -0.25) is 13.9 Å². The first kappa shape index (κ1) is 28.4. The van der Waals surface area contributed by atoms with E-state index in [1.54, 1.807) is 6.92 Å². The van der Waals surface area contributed by atoms with Crippen molar-refractivity contribution in [2.24, 2.45) is 5.92 Å². The molecule has 0 heterocycles. The quantitative estimate of drug-likeness (QED) is 0.433. The van der Waals surface area contributed by atoms with Gasteiger partial charge in [0.05, 0.1) is 17.0 Å². The largest absolute Gasteiger partial charge is 0.354 e. The van der Waals surface area contributed by atoms with Gasteiger partial charge in [0.15, 0.2) is 0 Å². The van der Waals surface area contributed by atoms with E-state index in [4.69, 9.17) is 23.2 Å². The van der Waals surface area contributed by atoms with Crippen LogP contribution in [-0.2, 0) is 26.2 Å². The second-order valence-corrected chi connectivity index (χ2v) is 12.0. The SMILES string of the molecule is CC(C)CNC(=O)[C@@H](C)N(Cc1cccc(Br)c1)C(=O)CN(c1ccc(Cl)cc1Cl)S(C)(=O)=O. The van der Waals surface area contributed by atoms with Gasteiger partial charge in [0.2, 0.25) is 21.8 Å². The molecule has 0 saturated carbocycles. The number of carbonyl (C=O) groups excluding carboxylic acids is 2. The third-order valence-electron chi connectivity index (χ3n) is 4.95. The molecule has 0 bridgehead atoms. The van der Waals surface area contributed by atoms with Crippen molar-refractivity contribution in [1.82, 2.24) is 10.2 Å². The fourth-order valence-corrected chi connectivity index (χ4v) is 5.01. The van der Waals surface area contributed by atoms with E-state index in [0.29, 0.717) is 11.6 Å². The molecule has 2 amide bonds. The van der Waals surface area contributed by atoms with Crippen molar-refractivity contribution >= 4 is 66.7 Å². The maximum atomic E-state index is 13.5. The molecule has 2 rings (SSSR count). The lowest BCUT2D eigenvalue weighted by Crippen LogP contribution is -2.51. The van der Waals surface area contributed by atoms with Crippen LogP contribution in [-0.4, -0.2) is 50.5 Å². The third kappa shape index (κ3) is 8.15. The second kappa shape index (κ2) is 12.2. The van der Waals surface area contributed by atoms with Gasteiger partial charge >= 0.3 is 0 Å². The molecule has 0 radical (unpaired) electrons. The molecule has 0 aliphatic carbocycles. The van der Waals surface area contributed by atoms with Crippen LogP contribution in [0.3, 0.4) is 0 Å². The monoisotopic (exact) mass is 591 g/mol. The number of sulfonamides is 1. The molecule has 34 heavy (non-hydrogen) atoms. The summed E-state index contributed by atoms with van der Waals surface area (Å²) in [5.74, 6) is -0.644. The van der Waals surface area contributed by atoms with E-state index in [9.17, 15) is 18.0 Å². The number of carbonyl (C=O) groups is 2. The van der Waals surface area contributed by atoms with Crippen molar-refractivity contribution in [1.29, 1.82) is 0 Å². The molecule has 1 atom stereocenters. The van der Waals surface area contributed by atoms with Crippen LogP contribution in [0.5, 0.6) is 0 Å². The molecule has 0 aromatic heterocycles. The first-order valence-electron chi connectivity index (χ1n) is 10.5. The number of nitrogens with zero attached hydrogens (tertiary/aromatic N) is 2. The summed E-state index contributed by atoms with van der Waals surface area (Å²) in [6.07, 6.45) is 0.989. The van der Waals surface area contributed by atoms with Gasteiger partial charge in [0.25, 0.3) is 0 Å². The highest BCUT2D eigenvalue weighted by Gasteiger charge is 2.30. The lowest BCUT2D eigenvalue weighted by Gasteiger charge is -2.32. The lowest BCUT2D eigenvalue weighted by atomic mass is 10.1. The van der Waals surface area contributed by atoms with Crippen LogP contribution in [0.15, 0.2) is 46.9 Å². The van der Waals surface area contributed by atoms with Gasteiger partial charge in [-0.25, -0.2) is 8.42 Å². The molecule has 2 aromatic carbocycles. The van der Waals surface area contributed by atoms with Gasteiger partial charge in [-0.2, -0.15) is 0 Å². The molecule has 0 aliphatic rings. The first-order chi connectivity index (χ1) is 15.8. The Balaban J connectivity index is 2.40. The number of hydrogen-bond acceptors (Lipinski definition) is 4. The van der Waals surface area contributed by atoms with E-state index < -0.39 is 28.5 Å². The van der Waals surface area contributed by atoms with Crippen molar-refractivity contribution in [3.05, 3.63) is 62.5 Å². The standard InChI is InChI=1S/C23H28BrCl2N3O4S/c1-15(2)12-27-23(31)16(3)28(13-17-6-5-7-18(24)10-17)22(30)14-29(34(4,32)33)21-9-8-19(25)11-20(21)26/h5-11,15-16H,12-14H2,1-4H3,(H,27,31)/t16-/m1/s1. The molecule has 0 aliphatic heterocycles. The van der Waals surface area contributed by atoms with E-state index in [0.717, 1.165) is 20.6 Å². The number of rotatable bonds is 10. The summed E-state index contributed by atoms with van der Waals surface area (Å²) >= 11 is 15.6. The minimum Gasteiger partial charge on any atom is -0.354 e. The van der Waals surface area contributed by atoms with Gasteiger partial charge in [0, 0.05) is 22.6 Å². The summed E-state index contributed by atoms with van der Waals surface area (Å²) in [5, 5.41) is 3.26. The highest BCUT2D eigenvalue weighted by molar-refractivity contribution is 9.10. The molecule has 7 nitrogen and oxygen atoms in total. The number of benzene rings is 2. The van der Waals surface area contributed by atoms with Crippen molar-refractivity contribution < 1.29 is 18.0 Å². The fourth-order valence-electron chi connectivity index (χ4n) is 3.15. The summed E-state index contributed by atoms with van der Waals surface area (Å²) in [6.45, 7) is 5.59. The van der Waals surface area contributed by atoms with Gasteiger partial charge in [-0.05, 0) is 48.7 Å². The van der Waals surface area contributed by atoms with Crippen LogP contribution in [0.1, 0.15) is 26.3 Å². The number of nitrogens with one attached hydrogen (secondary N) is 1. The van der Waals surface area contributed by atoms with E-state index in [1.165, 1.54) is 23.1 Å². The van der Waals surface area contributed by atoms with Crippen molar-refractivity contribution in [3.8, 4) is 0 Å². The Morgan fingerprint density at radius 3 is 2.32 bits per heavy atom. The minimum absolute atomic E-state index is 0.0898. The van der Waals surface area contributed by atoms with Crippen molar-refractivity contribution in [2.75, 3.05) is 23.7 Å². The smallest absolute Gasteiger partial charge is 0.244 e. The van der Waals surface area contributed by atoms with Crippen LogP contribution in [0.4, 0.5) is 5.69 Å². The Morgan fingerprint density at radius 2 is 1.76 bits per heavy atom. The molecule has 0 saturated heterocycles. The molecule has 186 valence electrons. The van der Waals surface area contributed by atoms with E-state index in [2.05, 4.69) is 21.2 Å². The molecule has 1 N–H and O–H groups in total. The molecule has 2 aromatic rings. The van der Waals surface area contributed by atoms with E-state index in [1.807, 2.05) is 38.1 Å². The van der Waals surface area contributed by atoms with Crippen LogP contribution >= 0.6 is 39.1 Å². The zero-order chi connectivity index (χ0) is 25.6. The van der Waals surface area contributed by atoms with Crippen LogP contribution in [0, 0.1) is 5.92 Å². The summed E-state index contributed by atoms with van der Waals surface area (Å²) in [5.41, 5.74) is 0.905. The van der Waals surface area contributed by atoms with E-state index in [-0.39, 0.29) is 29.1 Å². The molecule has 0 unspecified atom stereocenters. The number of anilines is 1. The third-order valence-corrected chi connectivity index (χ3v) is 7.11. The average Bonchev–Trinajstić information content (AvgIpc) is 2.73. The van der Waals surface area contributed by atoms with Gasteiger partial charge in [-0.15, -0.1) is 0 Å². The molecular weight excluding hydrogens is 565 g/mol. The zero-order valence-electron chi connectivity index (χ0n) is 19.4. The summed E-state index contributed by atoms with van der Waals surface area (Å²) in [4.78, 5) is 27.7. The highest BCUT2D eigenvalue weighted by Crippen LogP contribution is 2.30. The zero-order valence-corrected chi connectivity index (χ0v) is 23.3. The number of halogens is 3. The Morgan fingerprint density at radius 1 is 1.09 bits per heavy atom. The maximum Gasteiger partial charge on any atom is 0.244 e. The predicted octanol–water partition coefficient (Wildman–Crippen LogP) is 4.71. The summed E-state index contributed by atoms with van der Waals surface area (Å²) in [6, 6.07) is 10.8. The molecular formula is C23H28BrCl2N3O4S. The predicted molar refractivity (Wildman–Crippen MR) is 141 cm³/mol. The summed E-state index contributed by atoms with van der Waals surface area (Å²) in [7, 11) is -3.88. The van der Waals surface area contributed by atoms with E-state index >= 15 is 0 Å². The number of amides is 2. The van der Waals surface area contributed by atoms with Gasteiger partial charge < -0.3 is 10.2 Å². The molecule has 0 spiro atoms. The van der Waals surface area contributed by atoms with Crippen molar-refractivity contribution in [3.63, 3.8) is 0 Å². The summed E-state index contributed by atoms with van der Waals surface area (Å²) < 4.78 is 26.9. The normalized spacial score (nSPS) is 12.4. The van der Waals surface area contributed by atoms with Crippen LogP contribution in [0.25, 0.3) is 0 Å². The molecule has 11 heteroatoms. The Kier molecular flexibility index (Phi) is 10.2. The Labute approximate surface area is 219 Å². The average molecular weight is 593 g/mol. The Bertz CT molecular complexity index is 1140. The minimum atomic E-state index is -3.88. The second-order valence-electron chi connectivity index (χ2n) is 8.33. The maximum absolute atomic E-state index is 13.5. The van der Waals surface area contributed by atoms with Crippen LogP contribution < -0.4 is 9.62 Å². The highest BCUT2D eigenvalue weighted by atomic mass is 79.9. The molecule has 0 fully saturated rings. The van der Waals surface area contributed by atoms with Crippen molar-refractivity contribution in [2.45, 2.75) is 33.4 Å². The topological polar surface area (TPSA) is 86.8 Å². The van der Waals surface area contributed by atoms with Gasteiger partial charge in [-0.1, -0.05) is 65.1 Å². The lowest BCUT2D eigenvalue weighted by molar-refractivity contribution is -0.139. The van der Waals surface area contributed by atoms with Gasteiger partial charge in [0.1, 0.15) is 12.6 Å². The number of hydrogen-bond donors (Lipinski definition) is 1. The first-order valence-corrected chi connectivity index (χ1v) is 13.9. The Hall–Kier alpha value is -1.81. The van der Waals surface area contributed by atoms with Crippen LogP contribution in [0.2, 0.25) is 10.0 Å².